The molecule has 0 saturated heterocycles. The lowest BCUT2D eigenvalue weighted by Crippen LogP contribution is -2.17. The van der Waals surface area contributed by atoms with Gasteiger partial charge in [-0.25, -0.2) is 0 Å². The zero-order valence-electron chi connectivity index (χ0n) is 18.2. The second-order valence-electron chi connectivity index (χ2n) is 8.72. The molecule has 0 aromatic heterocycles. The molecule has 0 aliphatic carbocycles. The van der Waals surface area contributed by atoms with E-state index in [-0.39, 0.29) is 0 Å². The Kier molecular flexibility index (Phi) is 9.31. The molecule has 0 fully saturated rings. The number of hydrogen-bond acceptors (Lipinski definition) is 0. The molecule has 0 nitrogen and oxygen atoms in total. The first kappa shape index (κ1) is 22.2. The number of unbranched alkanes of at least 4 members (excludes halogenated alkanes) is 3. The lowest BCUT2D eigenvalue weighted by Gasteiger charge is -2.16. The smallest absolute Gasteiger partial charge is 0.129 e. The van der Waals surface area contributed by atoms with Gasteiger partial charge >= 0.3 is 0 Å². The van der Waals surface area contributed by atoms with Crippen molar-refractivity contribution in [3.8, 4) is 11.5 Å². The van der Waals surface area contributed by atoms with Crippen LogP contribution in [0.2, 0.25) is 19.6 Å². The van der Waals surface area contributed by atoms with Crippen LogP contribution in [-0.4, -0.2) is 8.07 Å². The van der Waals surface area contributed by atoms with Crippen molar-refractivity contribution >= 4 is 19.7 Å². The van der Waals surface area contributed by atoms with E-state index in [2.05, 4.69) is 105 Å². The molecule has 0 aliphatic heterocycles. The van der Waals surface area contributed by atoms with E-state index < -0.39 is 8.07 Å². The topological polar surface area (TPSA) is 0 Å². The first-order chi connectivity index (χ1) is 13.5. The van der Waals surface area contributed by atoms with Crippen LogP contribution >= 0.6 is 0 Å². The summed E-state index contributed by atoms with van der Waals surface area (Å²) in [5.74, 6) is 4.14. The van der Waals surface area contributed by atoms with Gasteiger partial charge in [0.15, 0.2) is 0 Å². The fraction of sp³-hybridized carbons (Fsp3) is 0.407. The van der Waals surface area contributed by atoms with Crippen molar-refractivity contribution in [2.24, 2.45) is 5.92 Å². The van der Waals surface area contributed by atoms with Crippen LogP contribution in [0.1, 0.15) is 56.6 Å². The van der Waals surface area contributed by atoms with Gasteiger partial charge < -0.3 is 0 Å². The highest BCUT2D eigenvalue weighted by atomic mass is 28.3. The second kappa shape index (κ2) is 11.7. The molecule has 0 heterocycles. The Morgan fingerprint density at radius 3 is 2.14 bits per heavy atom. The largest absolute Gasteiger partial charge is 0.132 e. The molecule has 0 saturated carbocycles. The summed E-state index contributed by atoms with van der Waals surface area (Å²) in [6, 6.07) is 21.5. The van der Waals surface area contributed by atoms with Crippen LogP contribution in [0.15, 0.2) is 60.7 Å². The Hall–Kier alpha value is -2.04. The van der Waals surface area contributed by atoms with Crippen LogP contribution < -0.4 is 0 Å². The van der Waals surface area contributed by atoms with Gasteiger partial charge in [0, 0.05) is 5.92 Å². The number of hydrogen-bond donors (Lipinski definition) is 0. The van der Waals surface area contributed by atoms with Crippen molar-refractivity contribution in [2.75, 3.05) is 0 Å². The highest BCUT2D eigenvalue weighted by Gasteiger charge is 2.13. The monoisotopic (exact) mass is 388 g/mol. The standard InChI is InChI=1S/C27H36Si/c1-5-6-7-10-17-25(20-21-28(2,3)4)23-27(26-18-13-9-14-19-26)22-24-15-11-8-12-16-24/h8-9,11-16,18-19,22,25H,5-7,10,17,23H2,1-4H3/b27-22-. The molecule has 0 aliphatic rings. The van der Waals surface area contributed by atoms with E-state index in [1.54, 1.807) is 0 Å². The van der Waals surface area contributed by atoms with Gasteiger partial charge in [-0.3, -0.25) is 0 Å². The van der Waals surface area contributed by atoms with Crippen LogP contribution in [0.5, 0.6) is 0 Å². The molecular formula is C27H36Si. The quantitative estimate of drug-likeness (QED) is 0.176. The molecule has 0 N–H and O–H groups in total. The maximum absolute atomic E-state index is 3.69. The lowest BCUT2D eigenvalue weighted by molar-refractivity contribution is 0.551. The summed E-state index contributed by atoms with van der Waals surface area (Å²) in [5, 5.41) is 0. The van der Waals surface area contributed by atoms with Gasteiger partial charge in [0.05, 0.1) is 0 Å². The van der Waals surface area contributed by atoms with Crippen LogP contribution in [0, 0.1) is 17.4 Å². The Labute approximate surface area is 174 Å². The van der Waals surface area contributed by atoms with Crippen molar-refractivity contribution in [3.63, 3.8) is 0 Å². The fourth-order valence-electron chi connectivity index (χ4n) is 3.29. The second-order valence-corrected chi connectivity index (χ2v) is 13.5. The average molecular weight is 389 g/mol. The summed E-state index contributed by atoms with van der Waals surface area (Å²) in [5.41, 5.74) is 7.63. The van der Waals surface area contributed by atoms with Crippen LogP contribution in [0.3, 0.4) is 0 Å². The average Bonchev–Trinajstić information content (AvgIpc) is 2.69. The van der Waals surface area contributed by atoms with Gasteiger partial charge in [-0.15, -0.1) is 11.5 Å². The Balaban J connectivity index is 2.27. The summed E-state index contributed by atoms with van der Waals surface area (Å²) < 4.78 is 0. The zero-order valence-corrected chi connectivity index (χ0v) is 19.2. The van der Waals surface area contributed by atoms with E-state index in [0.29, 0.717) is 5.92 Å². The molecule has 0 radical (unpaired) electrons. The molecule has 0 amide bonds. The van der Waals surface area contributed by atoms with Gasteiger partial charge in [0.2, 0.25) is 0 Å². The predicted molar refractivity (Wildman–Crippen MR) is 129 cm³/mol. The third-order valence-corrected chi connectivity index (χ3v) is 5.70. The molecule has 0 spiro atoms. The van der Waals surface area contributed by atoms with Crippen LogP contribution in [0.25, 0.3) is 11.6 Å². The van der Waals surface area contributed by atoms with E-state index in [4.69, 9.17) is 0 Å². The minimum absolute atomic E-state index is 0.443. The van der Waals surface area contributed by atoms with Gasteiger partial charge in [0.1, 0.15) is 8.07 Å². The highest BCUT2D eigenvalue weighted by Crippen LogP contribution is 2.28. The SMILES string of the molecule is CCCCCCC(C#C[Si](C)(C)C)C/C(=C/c1ccccc1)c1ccccc1. The van der Waals surface area contributed by atoms with Gasteiger partial charge in [-0.1, -0.05) is 119 Å². The van der Waals surface area contributed by atoms with Crippen molar-refractivity contribution in [2.45, 2.75) is 65.1 Å². The van der Waals surface area contributed by atoms with E-state index >= 15 is 0 Å². The summed E-state index contributed by atoms with van der Waals surface area (Å²) in [7, 11) is -1.36. The fourth-order valence-corrected chi connectivity index (χ4v) is 3.93. The minimum Gasteiger partial charge on any atom is -0.132 e. The van der Waals surface area contributed by atoms with E-state index in [1.807, 2.05) is 0 Å². The van der Waals surface area contributed by atoms with Gasteiger partial charge in [0.25, 0.3) is 0 Å². The molecule has 1 unspecified atom stereocenters. The van der Waals surface area contributed by atoms with E-state index in [9.17, 15) is 0 Å². The molecule has 28 heavy (non-hydrogen) atoms. The molecule has 1 atom stereocenters. The van der Waals surface area contributed by atoms with E-state index in [1.165, 1.54) is 48.8 Å². The van der Waals surface area contributed by atoms with Crippen LogP contribution in [-0.2, 0) is 0 Å². The third-order valence-electron chi connectivity index (χ3n) is 4.81. The first-order valence-corrected chi connectivity index (χ1v) is 14.3. The summed E-state index contributed by atoms with van der Waals surface area (Å²) in [6.07, 6.45) is 9.81. The van der Waals surface area contributed by atoms with Crippen molar-refractivity contribution in [3.05, 3.63) is 71.8 Å². The van der Waals surface area contributed by atoms with Crippen molar-refractivity contribution < 1.29 is 0 Å². The lowest BCUT2D eigenvalue weighted by atomic mass is 9.89. The molecule has 2 rings (SSSR count). The van der Waals surface area contributed by atoms with Gasteiger partial charge in [-0.2, -0.15) is 0 Å². The van der Waals surface area contributed by atoms with Crippen molar-refractivity contribution in [1.82, 2.24) is 0 Å². The third kappa shape index (κ3) is 8.76. The van der Waals surface area contributed by atoms with Crippen molar-refractivity contribution in [1.29, 1.82) is 0 Å². The first-order valence-electron chi connectivity index (χ1n) is 10.8. The van der Waals surface area contributed by atoms with Crippen LogP contribution in [0.4, 0.5) is 0 Å². The van der Waals surface area contributed by atoms with E-state index in [0.717, 1.165) is 6.42 Å². The molecule has 148 valence electrons. The molecule has 2 aromatic rings. The zero-order chi connectivity index (χ0) is 20.2. The summed E-state index contributed by atoms with van der Waals surface area (Å²) >= 11 is 0. The Bertz CT molecular complexity index is 770. The minimum atomic E-state index is -1.36. The summed E-state index contributed by atoms with van der Waals surface area (Å²) in [6.45, 7) is 9.29. The number of rotatable bonds is 9. The highest BCUT2D eigenvalue weighted by molar-refractivity contribution is 6.83. The molecule has 2 aromatic carbocycles. The molecule has 1 heteroatoms. The predicted octanol–water partition coefficient (Wildman–Crippen LogP) is 8.08. The maximum atomic E-state index is 3.69. The number of allylic oxidation sites excluding steroid dienone is 1. The Morgan fingerprint density at radius 1 is 0.893 bits per heavy atom. The maximum Gasteiger partial charge on any atom is 0.129 e. The number of benzene rings is 2. The van der Waals surface area contributed by atoms with Gasteiger partial charge in [-0.05, 0) is 29.5 Å². The Morgan fingerprint density at radius 2 is 1.54 bits per heavy atom. The molecular weight excluding hydrogens is 352 g/mol. The normalized spacial score (nSPS) is 12.9. The molecule has 0 bridgehead atoms. The summed E-state index contributed by atoms with van der Waals surface area (Å²) in [4.78, 5) is 0.